The molecule has 0 aliphatic carbocycles. The van der Waals surface area contributed by atoms with Crippen molar-refractivity contribution in [3.05, 3.63) is 29.7 Å². The summed E-state index contributed by atoms with van der Waals surface area (Å²) in [4.78, 5) is 21.5. The van der Waals surface area contributed by atoms with Crippen LogP contribution in [0.4, 0.5) is 0 Å². The SMILES string of the molecule is Cc1cnc2c(C(=O)N=CN(C)C)cnn2c1. The summed E-state index contributed by atoms with van der Waals surface area (Å²) in [7, 11) is 3.60. The second-order valence-corrected chi connectivity index (χ2v) is 3.97. The van der Waals surface area contributed by atoms with E-state index in [0.717, 1.165) is 5.56 Å². The van der Waals surface area contributed by atoms with Gasteiger partial charge in [0.15, 0.2) is 5.65 Å². The number of rotatable bonds is 2. The molecule has 2 aromatic heterocycles. The van der Waals surface area contributed by atoms with Crippen LogP contribution in [0.3, 0.4) is 0 Å². The lowest BCUT2D eigenvalue weighted by Gasteiger charge is -2.00. The highest BCUT2D eigenvalue weighted by atomic mass is 16.1. The largest absolute Gasteiger partial charge is 0.369 e. The van der Waals surface area contributed by atoms with E-state index in [1.54, 1.807) is 29.7 Å². The Bertz CT molecular complexity index is 585. The molecule has 2 heterocycles. The fraction of sp³-hybridized carbons (Fsp3) is 0.273. The zero-order valence-electron chi connectivity index (χ0n) is 9.95. The van der Waals surface area contributed by atoms with Crippen LogP contribution in [0.2, 0.25) is 0 Å². The number of amides is 1. The molecule has 88 valence electrons. The van der Waals surface area contributed by atoms with Crippen molar-refractivity contribution in [1.29, 1.82) is 0 Å². The molecular formula is C11H13N5O. The van der Waals surface area contributed by atoms with E-state index < -0.39 is 0 Å². The van der Waals surface area contributed by atoms with E-state index in [9.17, 15) is 4.79 Å². The molecule has 0 atom stereocenters. The van der Waals surface area contributed by atoms with Gasteiger partial charge in [-0.3, -0.25) is 4.79 Å². The lowest BCUT2D eigenvalue weighted by Crippen LogP contribution is -2.09. The molecular weight excluding hydrogens is 218 g/mol. The number of aliphatic imine (C=N–C) groups is 1. The molecule has 0 aromatic carbocycles. The van der Waals surface area contributed by atoms with Gasteiger partial charge in [-0.2, -0.15) is 10.1 Å². The van der Waals surface area contributed by atoms with Crippen LogP contribution in [0.1, 0.15) is 15.9 Å². The summed E-state index contributed by atoms with van der Waals surface area (Å²) >= 11 is 0. The first-order chi connectivity index (χ1) is 8.08. The van der Waals surface area contributed by atoms with Gasteiger partial charge < -0.3 is 4.90 Å². The first-order valence-electron chi connectivity index (χ1n) is 5.13. The smallest absolute Gasteiger partial charge is 0.283 e. The molecule has 2 rings (SSSR count). The van der Waals surface area contributed by atoms with Crippen LogP contribution in [0, 0.1) is 6.92 Å². The molecule has 0 spiro atoms. The molecule has 17 heavy (non-hydrogen) atoms. The number of nitrogens with zero attached hydrogens (tertiary/aromatic N) is 5. The average molecular weight is 231 g/mol. The third-order valence-corrected chi connectivity index (χ3v) is 2.12. The maximum absolute atomic E-state index is 11.8. The average Bonchev–Trinajstić information content (AvgIpc) is 2.68. The van der Waals surface area contributed by atoms with Crippen LogP contribution in [-0.2, 0) is 0 Å². The minimum Gasteiger partial charge on any atom is -0.369 e. The quantitative estimate of drug-likeness (QED) is 0.565. The van der Waals surface area contributed by atoms with Crippen molar-refractivity contribution in [3.63, 3.8) is 0 Å². The number of fused-ring (bicyclic) bond motifs is 1. The Hall–Kier alpha value is -2.24. The van der Waals surface area contributed by atoms with E-state index in [0.29, 0.717) is 11.2 Å². The summed E-state index contributed by atoms with van der Waals surface area (Å²) < 4.78 is 1.58. The van der Waals surface area contributed by atoms with Gasteiger partial charge in [-0.1, -0.05) is 0 Å². The highest BCUT2D eigenvalue weighted by Gasteiger charge is 2.12. The lowest BCUT2D eigenvalue weighted by atomic mass is 10.3. The van der Waals surface area contributed by atoms with Crippen molar-refractivity contribution in [2.45, 2.75) is 6.92 Å². The van der Waals surface area contributed by atoms with E-state index in [4.69, 9.17) is 0 Å². The number of carbonyl (C=O) groups excluding carboxylic acids is 1. The Balaban J connectivity index is 2.39. The fourth-order valence-electron chi connectivity index (χ4n) is 1.36. The van der Waals surface area contributed by atoms with Gasteiger partial charge in [-0.15, -0.1) is 0 Å². The highest BCUT2D eigenvalue weighted by Crippen LogP contribution is 2.09. The molecule has 0 aliphatic heterocycles. The molecule has 0 saturated heterocycles. The summed E-state index contributed by atoms with van der Waals surface area (Å²) in [5.41, 5.74) is 1.91. The van der Waals surface area contributed by atoms with Gasteiger partial charge in [0.2, 0.25) is 0 Å². The molecule has 0 aliphatic rings. The zero-order valence-corrected chi connectivity index (χ0v) is 9.95. The Kier molecular flexibility index (Phi) is 2.86. The third kappa shape index (κ3) is 2.30. The predicted octanol–water partition coefficient (Wildman–Crippen LogP) is 0.768. The molecule has 0 radical (unpaired) electrons. The Morgan fingerprint density at radius 1 is 1.47 bits per heavy atom. The summed E-state index contributed by atoms with van der Waals surface area (Å²) in [6.45, 7) is 1.92. The van der Waals surface area contributed by atoms with E-state index in [-0.39, 0.29) is 5.91 Å². The standard InChI is InChI=1S/C11H13N5O/c1-8-4-12-10-9(5-14-16(10)6-8)11(17)13-7-15(2)3/h4-7H,1-3H3. The molecule has 6 heteroatoms. The van der Waals surface area contributed by atoms with Crippen LogP contribution in [0.15, 0.2) is 23.6 Å². The van der Waals surface area contributed by atoms with Crippen molar-refractivity contribution >= 4 is 17.9 Å². The van der Waals surface area contributed by atoms with E-state index in [1.807, 2.05) is 13.1 Å². The van der Waals surface area contributed by atoms with Gasteiger partial charge in [0.05, 0.1) is 12.5 Å². The molecule has 0 unspecified atom stereocenters. The Morgan fingerprint density at radius 3 is 2.94 bits per heavy atom. The van der Waals surface area contributed by atoms with Crippen molar-refractivity contribution in [2.24, 2.45) is 4.99 Å². The monoisotopic (exact) mass is 231 g/mol. The van der Waals surface area contributed by atoms with Crippen LogP contribution < -0.4 is 0 Å². The number of carbonyl (C=O) groups is 1. The number of hydrogen-bond donors (Lipinski definition) is 0. The van der Waals surface area contributed by atoms with Crippen molar-refractivity contribution in [2.75, 3.05) is 14.1 Å². The topological polar surface area (TPSA) is 62.9 Å². The van der Waals surface area contributed by atoms with Crippen LogP contribution in [0.25, 0.3) is 5.65 Å². The van der Waals surface area contributed by atoms with Crippen molar-refractivity contribution in [1.82, 2.24) is 19.5 Å². The molecule has 0 fully saturated rings. The predicted molar refractivity (Wildman–Crippen MR) is 64.2 cm³/mol. The van der Waals surface area contributed by atoms with Gasteiger partial charge in [-0.05, 0) is 12.5 Å². The minimum atomic E-state index is -0.343. The number of hydrogen-bond acceptors (Lipinski definition) is 3. The second-order valence-electron chi connectivity index (χ2n) is 3.97. The molecule has 0 bridgehead atoms. The Labute approximate surface area is 98.6 Å². The number of aryl methyl sites for hydroxylation is 1. The minimum absolute atomic E-state index is 0.343. The maximum atomic E-state index is 11.8. The van der Waals surface area contributed by atoms with Crippen molar-refractivity contribution in [3.8, 4) is 0 Å². The third-order valence-electron chi connectivity index (χ3n) is 2.12. The second kappa shape index (κ2) is 4.32. The zero-order chi connectivity index (χ0) is 12.4. The van der Waals surface area contributed by atoms with Crippen LogP contribution >= 0.6 is 0 Å². The van der Waals surface area contributed by atoms with E-state index >= 15 is 0 Å². The molecule has 0 saturated carbocycles. The number of aromatic nitrogens is 3. The van der Waals surface area contributed by atoms with Gasteiger partial charge in [-0.25, -0.2) is 9.50 Å². The molecule has 6 nitrogen and oxygen atoms in total. The molecule has 0 N–H and O–H groups in total. The lowest BCUT2D eigenvalue weighted by molar-refractivity contribution is 0.100. The van der Waals surface area contributed by atoms with E-state index in [1.165, 1.54) is 12.5 Å². The first-order valence-corrected chi connectivity index (χ1v) is 5.13. The van der Waals surface area contributed by atoms with Gasteiger partial charge in [0.25, 0.3) is 5.91 Å². The highest BCUT2D eigenvalue weighted by molar-refractivity contribution is 6.03. The summed E-state index contributed by atoms with van der Waals surface area (Å²) in [5, 5.41) is 4.07. The summed E-state index contributed by atoms with van der Waals surface area (Å²) in [5.74, 6) is -0.343. The summed E-state index contributed by atoms with van der Waals surface area (Å²) in [6.07, 6.45) is 6.45. The maximum Gasteiger partial charge on any atom is 0.283 e. The van der Waals surface area contributed by atoms with E-state index in [2.05, 4.69) is 15.1 Å². The molecule has 1 amide bonds. The van der Waals surface area contributed by atoms with Crippen LogP contribution in [0.5, 0.6) is 0 Å². The first kappa shape index (κ1) is 11.3. The fourth-order valence-corrected chi connectivity index (χ4v) is 1.36. The van der Waals surface area contributed by atoms with Gasteiger partial charge in [0.1, 0.15) is 5.56 Å². The van der Waals surface area contributed by atoms with Crippen molar-refractivity contribution < 1.29 is 4.79 Å². The Morgan fingerprint density at radius 2 is 2.24 bits per heavy atom. The van der Waals surface area contributed by atoms with Gasteiger partial charge >= 0.3 is 0 Å². The molecule has 2 aromatic rings. The van der Waals surface area contributed by atoms with Crippen LogP contribution in [-0.4, -0.2) is 45.8 Å². The summed E-state index contributed by atoms with van der Waals surface area (Å²) in [6, 6.07) is 0. The van der Waals surface area contributed by atoms with Gasteiger partial charge in [0, 0.05) is 26.5 Å². The normalized spacial score (nSPS) is 11.2.